The molecule has 0 aliphatic carbocycles. The Labute approximate surface area is 160 Å². The van der Waals surface area contributed by atoms with E-state index >= 15 is 0 Å². The molecule has 1 saturated heterocycles. The van der Waals surface area contributed by atoms with Gasteiger partial charge >= 0.3 is 0 Å². The molecule has 2 aromatic rings. The van der Waals surface area contributed by atoms with E-state index in [0.717, 1.165) is 43.2 Å². The lowest BCUT2D eigenvalue weighted by Gasteiger charge is -2.37. The summed E-state index contributed by atoms with van der Waals surface area (Å²) in [7, 11) is 1.96. The molecule has 1 atom stereocenters. The minimum Gasteiger partial charge on any atom is -0.341 e. The topological polar surface area (TPSA) is 36.4 Å². The van der Waals surface area contributed by atoms with E-state index < -0.39 is 0 Å². The van der Waals surface area contributed by atoms with Crippen molar-refractivity contribution in [1.82, 2.24) is 14.8 Å². The molecule has 1 unspecified atom stereocenters. The predicted molar refractivity (Wildman–Crippen MR) is 108 cm³/mol. The minimum absolute atomic E-state index is 0.187. The third-order valence-electron chi connectivity index (χ3n) is 5.20. The number of nitrogens with zero attached hydrogens (tertiary/aromatic N) is 3. The standard InChI is InChI=1S/C21H29N3OS/c1-17-22-19(16-26-17)14-21(25)23(2)20-11-7-13-24(15-20)12-6-10-18-8-4-3-5-9-18/h3-5,8-9,16,20H,6-7,10-15H2,1-2H3. The Balaban J connectivity index is 1.45. The van der Waals surface area contributed by atoms with Crippen molar-refractivity contribution in [2.45, 2.75) is 45.1 Å². The summed E-state index contributed by atoms with van der Waals surface area (Å²) in [6.07, 6.45) is 4.99. The highest BCUT2D eigenvalue weighted by Crippen LogP contribution is 2.17. The predicted octanol–water partition coefficient (Wildman–Crippen LogP) is 3.55. The first-order valence-electron chi connectivity index (χ1n) is 9.55. The lowest BCUT2D eigenvalue weighted by molar-refractivity contribution is -0.132. The number of carbonyl (C=O) groups is 1. The third kappa shape index (κ3) is 5.39. The molecular formula is C21H29N3OS. The maximum absolute atomic E-state index is 12.6. The van der Waals surface area contributed by atoms with Crippen LogP contribution < -0.4 is 0 Å². The average molecular weight is 372 g/mol. The summed E-state index contributed by atoms with van der Waals surface area (Å²) in [5.74, 6) is 0.187. The van der Waals surface area contributed by atoms with Crippen LogP contribution in [0.15, 0.2) is 35.7 Å². The first kappa shape index (κ1) is 19.1. The number of rotatable bonds is 7. The van der Waals surface area contributed by atoms with Gasteiger partial charge in [0.15, 0.2) is 0 Å². The first-order chi connectivity index (χ1) is 12.6. The number of amides is 1. The van der Waals surface area contributed by atoms with Crippen LogP contribution in [0.5, 0.6) is 0 Å². The van der Waals surface area contributed by atoms with Gasteiger partial charge in [0.1, 0.15) is 0 Å². The molecule has 1 aromatic carbocycles. The number of hydrogen-bond acceptors (Lipinski definition) is 4. The van der Waals surface area contributed by atoms with Crippen molar-refractivity contribution in [3.63, 3.8) is 0 Å². The van der Waals surface area contributed by atoms with Crippen LogP contribution in [0, 0.1) is 6.92 Å². The molecule has 4 nitrogen and oxygen atoms in total. The molecule has 0 saturated carbocycles. The third-order valence-corrected chi connectivity index (χ3v) is 6.03. The number of benzene rings is 1. The van der Waals surface area contributed by atoms with E-state index in [1.807, 2.05) is 24.3 Å². The average Bonchev–Trinajstić information content (AvgIpc) is 3.07. The second-order valence-electron chi connectivity index (χ2n) is 7.23. The number of thiazole rings is 1. The highest BCUT2D eigenvalue weighted by Gasteiger charge is 2.26. The zero-order chi connectivity index (χ0) is 18.4. The van der Waals surface area contributed by atoms with Gasteiger partial charge in [0, 0.05) is 25.0 Å². The second kappa shape index (κ2) is 9.28. The summed E-state index contributed by atoms with van der Waals surface area (Å²) in [6.45, 7) is 5.24. The van der Waals surface area contributed by atoms with Gasteiger partial charge in [0.2, 0.25) is 5.91 Å². The van der Waals surface area contributed by atoms with Gasteiger partial charge in [-0.05, 0) is 51.3 Å². The molecule has 0 N–H and O–H groups in total. The number of hydrogen-bond donors (Lipinski definition) is 0. The molecule has 2 heterocycles. The fourth-order valence-electron chi connectivity index (χ4n) is 3.67. The zero-order valence-electron chi connectivity index (χ0n) is 15.9. The quantitative estimate of drug-likeness (QED) is 0.747. The first-order valence-corrected chi connectivity index (χ1v) is 10.4. The molecule has 1 fully saturated rings. The summed E-state index contributed by atoms with van der Waals surface area (Å²) in [5, 5.41) is 3.02. The summed E-state index contributed by atoms with van der Waals surface area (Å²) in [6, 6.07) is 11.0. The molecular weight excluding hydrogens is 342 g/mol. The number of likely N-dealkylation sites (tertiary alicyclic amines) is 1. The van der Waals surface area contributed by atoms with E-state index in [0.29, 0.717) is 12.5 Å². The van der Waals surface area contributed by atoms with Crippen LogP contribution in [-0.4, -0.2) is 53.4 Å². The number of aryl methyl sites for hydroxylation is 2. The largest absolute Gasteiger partial charge is 0.341 e. The van der Waals surface area contributed by atoms with Crippen LogP contribution in [0.4, 0.5) is 0 Å². The van der Waals surface area contributed by atoms with Crippen LogP contribution in [0.1, 0.15) is 35.5 Å². The van der Waals surface area contributed by atoms with Crippen LogP contribution >= 0.6 is 11.3 Å². The van der Waals surface area contributed by atoms with Crippen LogP contribution in [0.25, 0.3) is 0 Å². The van der Waals surface area contributed by atoms with Crippen LogP contribution in [0.3, 0.4) is 0 Å². The molecule has 140 valence electrons. The van der Waals surface area contributed by atoms with Gasteiger partial charge < -0.3 is 9.80 Å². The molecule has 0 radical (unpaired) electrons. The van der Waals surface area contributed by atoms with Gasteiger partial charge in [0.25, 0.3) is 0 Å². The van der Waals surface area contributed by atoms with Crippen molar-refractivity contribution in [2.75, 3.05) is 26.7 Å². The Morgan fingerprint density at radius 2 is 2.15 bits per heavy atom. The van der Waals surface area contributed by atoms with E-state index in [9.17, 15) is 4.79 Å². The highest BCUT2D eigenvalue weighted by molar-refractivity contribution is 7.09. The fraction of sp³-hybridized carbons (Fsp3) is 0.524. The van der Waals surface area contributed by atoms with Crippen molar-refractivity contribution in [1.29, 1.82) is 0 Å². The Hall–Kier alpha value is -1.72. The van der Waals surface area contributed by atoms with Gasteiger partial charge in [-0.1, -0.05) is 30.3 Å². The molecule has 1 aromatic heterocycles. The lowest BCUT2D eigenvalue weighted by atomic mass is 10.0. The van der Waals surface area contributed by atoms with Gasteiger partial charge in [0.05, 0.1) is 17.1 Å². The van der Waals surface area contributed by atoms with Crippen LogP contribution in [-0.2, 0) is 17.6 Å². The maximum atomic E-state index is 12.6. The Morgan fingerprint density at radius 1 is 1.35 bits per heavy atom. The summed E-state index contributed by atoms with van der Waals surface area (Å²) in [5.41, 5.74) is 2.31. The number of likely N-dealkylation sites (N-methyl/N-ethyl adjacent to an activating group) is 1. The second-order valence-corrected chi connectivity index (χ2v) is 8.29. The van der Waals surface area contributed by atoms with Gasteiger partial charge in [-0.25, -0.2) is 4.98 Å². The molecule has 3 rings (SSSR count). The Kier molecular flexibility index (Phi) is 6.80. The number of aromatic nitrogens is 1. The van der Waals surface area contributed by atoms with Crippen molar-refractivity contribution >= 4 is 17.2 Å². The fourth-order valence-corrected chi connectivity index (χ4v) is 4.29. The summed E-state index contributed by atoms with van der Waals surface area (Å²) >= 11 is 1.61. The lowest BCUT2D eigenvalue weighted by Crippen LogP contribution is -2.49. The van der Waals surface area contributed by atoms with E-state index in [1.54, 1.807) is 11.3 Å². The van der Waals surface area contributed by atoms with Crippen molar-refractivity contribution in [2.24, 2.45) is 0 Å². The monoisotopic (exact) mass is 371 g/mol. The molecule has 26 heavy (non-hydrogen) atoms. The minimum atomic E-state index is 0.187. The molecule has 1 aliphatic rings. The van der Waals surface area contributed by atoms with Crippen LogP contribution in [0.2, 0.25) is 0 Å². The van der Waals surface area contributed by atoms with Crippen molar-refractivity contribution in [3.8, 4) is 0 Å². The number of piperidine rings is 1. The van der Waals surface area contributed by atoms with Crippen molar-refractivity contribution in [3.05, 3.63) is 52.0 Å². The van der Waals surface area contributed by atoms with E-state index in [4.69, 9.17) is 0 Å². The smallest absolute Gasteiger partial charge is 0.228 e. The van der Waals surface area contributed by atoms with E-state index in [-0.39, 0.29) is 5.91 Å². The molecule has 0 bridgehead atoms. The summed E-state index contributed by atoms with van der Waals surface area (Å²) < 4.78 is 0. The highest BCUT2D eigenvalue weighted by atomic mass is 32.1. The van der Waals surface area contributed by atoms with Gasteiger partial charge in [-0.15, -0.1) is 11.3 Å². The number of carbonyl (C=O) groups excluding carboxylic acids is 1. The Bertz CT molecular complexity index is 700. The SMILES string of the molecule is Cc1nc(CC(=O)N(C)C2CCCN(CCCc3ccccc3)C2)cs1. The van der Waals surface area contributed by atoms with Gasteiger partial charge in [-0.3, -0.25) is 4.79 Å². The molecule has 0 spiro atoms. The maximum Gasteiger partial charge on any atom is 0.228 e. The van der Waals surface area contributed by atoms with E-state index in [1.165, 1.54) is 18.4 Å². The normalized spacial score (nSPS) is 18.0. The summed E-state index contributed by atoms with van der Waals surface area (Å²) in [4.78, 5) is 21.5. The molecule has 1 amide bonds. The molecule has 1 aliphatic heterocycles. The molecule has 5 heteroatoms. The van der Waals surface area contributed by atoms with E-state index in [2.05, 4.69) is 40.2 Å². The zero-order valence-corrected chi connectivity index (χ0v) is 16.7. The Morgan fingerprint density at radius 3 is 2.88 bits per heavy atom. The van der Waals surface area contributed by atoms with Crippen molar-refractivity contribution < 1.29 is 4.79 Å². The van der Waals surface area contributed by atoms with Gasteiger partial charge in [-0.2, -0.15) is 0 Å².